The summed E-state index contributed by atoms with van der Waals surface area (Å²) < 4.78 is 2.28. The van der Waals surface area contributed by atoms with E-state index in [2.05, 4.69) is 66.1 Å². The van der Waals surface area contributed by atoms with Crippen LogP contribution in [0, 0.1) is 5.92 Å². The lowest BCUT2D eigenvalue weighted by Gasteiger charge is -2.05. The fourth-order valence-electron chi connectivity index (χ4n) is 4.36. The molecule has 0 unspecified atom stereocenters. The van der Waals surface area contributed by atoms with Crippen LogP contribution in [0.1, 0.15) is 116 Å². The third-order valence-electron chi connectivity index (χ3n) is 6.24. The average Bonchev–Trinajstić information content (AvgIpc) is 3.22. The molecular formula is C28H47N2+. The predicted octanol–water partition coefficient (Wildman–Crippen LogP) is 8.34. The van der Waals surface area contributed by atoms with Crippen LogP contribution in [0.25, 0.3) is 5.69 Å². The van der Waals surface area contributed by atoms with E-state index in [0.29, 0.717) is 0 Å². The smallest absolute Gasteiger partial charge is 0.247 e. The molecule has 0 aliphatic heterocycles. The molecule has 0 bridgehead atoms. The summed E-state index contributed by atoms with van der Waals surface area (Å²) in [5, 5.41) is 0. The maximum absolute atomic E-state index is 3.42. The van der Waals surface area contributed by atoms with Crippen LogP contribution in [0.3, 0.4) is 0 Å². The van der Waals surface area contributed by atoms with Gasteiger partial charge in [0.2, 0.25) is 0 Å². The van der Waals surface area contributed by atoms with Gasteiger partial charge in [-0.2, -0.15) is 4.57 Å². The number of rotatable bonds is 18. The Balaban J connectivity index is 1.37. The zero-order valence-electron chi connectivity index (χ0n) is 19.9. The summed E-state index contributed by atoms with van der Waals surface area (Å²) >= 11 is 0. The number of aromatic nitrogens is 2. The van der Waals surface area contributed by atoms with Crippen LogP contribution in [0.15, 0.2) is 42.7 Å². The minimum atomic E-state index is 0.885. The van der Waals surface area contributed by atoms with Crippen LogP contribution in [0.5, 0.6) is 0 Å². The molecule has 2 nitrogen and oxygen atoms in total. The van der Waals surface area contributed by atoms with Crippen molar-refractivity contribution in [1.29, 1.82) is 0 Å². The van der Waals surface area contributed by atoms with Crippen molar-refractivity contribution >= 4 is 0 Å². The largest absolute Gasteiger partial charge is 0.259 e. The molecule has 1 aromatic carbocycles. The second-order valence-corrected chi connectivity index (χ2v) is 9.49. The summed E-state index contributed by atoms with van der Waals surface area (Å²) in [7, 11) is 0. The number of aromatic amines is 1. The third-order valence-corrected chi connectivity index (χ3v) is 6.24. The monoisotopic (exact) mass is 411 g/mol. The van der Waals surface area contributed by atoms with Gasteiger partial charge in [0.1, 0.15) is 18.1 Å². The van der Waals surface area contributed by atoms with Gasteiger partial charge in [0, 0.05) is 6.42 Å². The molecule has 2 rings (SSSR count). The van der Waals surface area contributed by atoms with Gasteiger partial charge in [-0.25, -0.2) is 4.98 Å². The average molecular weight is 412 g/mol. The van der Waals surface area contributed by atoms with Crippen LogP contribution < -0.4 is 4.57 Å². The van der Waals surface area contributed by atoms with Crippen LogP contribution in [0.2, 0.25) is 0 Å². The number of benzene rings is 1. The topological polar surface area (TPSA) is 19.7 Å². The van der Waals surface area contributed by atoms with Gasteiger partial charge < -0.3 is 0 Å². The Morgan fingerprint density at radius 1 is 0.667 bits per heavy atom. The Kier molecular flexibility index (Phi) is 13.3. The number of H-pyrrole nitrogens is 1. The second-order valence-electron chi connectivity index (χ2n) is 9.49. The summed E-state index contributed by atoms with van der Waals surface area (Å²) in [6, 6.07) is 10.6. The molecule has 168 valence electrons. The van der Waals surface area contributed by atoms with E-state index in [1.165, 1.54) is 108 Å². The minimum Gasteiger partial charge on any atom is -0.247 e. The molecule has 0 spiro atoms. The lowest BCUT2D eigenvalue weighted by atomic mass is 10.0. The van der Waals surface area contributed by atoms with Crippen LogP contribution >= 0.6 is 0 Å². The molecule has 0 radical (unpaired) electrons. The van der Waals surface area contributed by atoms with Crippen LogP contribution in [-0.2, 0) is 6.42 Å². The first-order chi connectivity index (χ1) is 14.8. The van der Waals surface area contributed by atoms with Crippen molar-refractivity contribution < 1.29 is 4.57 Å². The molecule has 1 N–H and O–H groups in total. The molecule has 0 atom stereocenters. The molecular weight excluding hydrogens is 364 g/mol. The fraction of sp³-hybridized carbons (Fsp3) is 0.679. The Bertz CT molecular complexity index is 629. The van der Waals surface area contributed by atoms with Crippen molar-refractivity contribution in [2.75, 3.05) is 0 Å². The van der Waals surface area contributed by atoms with Gasteiger partial charge in [-0.15, -0.1) is 0 Å². The number of hydrogen-bond acceptors (Lipinski definition) is 0. The number of para-hydroxylation sites is 1. The molecule has 0 saturated carbocycles. The zero-order chi connectivity index (χ0) is 21.3. The molecule has 0 aliphatic rings. The van der Waals surface area contributed by atoms with E-state index in [-0.39, 0.29) is 0 Å². The van der Waals surface area contributed by atoms with Crippen molar-refractivity contribution in [3.8, 4) is 5.69 Å². The molecule has 0 saturated heterocycles. The highest BCUT2D eigenvalue weighted by atomic mass is 15.1. The van der Waals surface area contributed by atoms with Crippen molar-refractivity contribution in [2.45, 2.75) is 117 Å². The highest BCUT2D eigenvalue weighted by molar-refractivity contribution is 5.21. The Morgan fingerprint density at radius 2 is 1.17 bits per heavy atom. The number of unbranched alkanes of at least 4 members (excludes halogenated alkanes) is 13. The van der Waals surface area contributed by atoms with Gasteiger partial charge in [-0.1, -0.05) is 122 Å². The second kappa shape index (κ2) is 16.2. The first-order valence-corrected chi connectivity index (χ1v) is 12.9. The van der Waals surface area contributed by atoms with Gasteiger partial charge in [0.25, 0.3) is 5.82 Å². The van der Waals surface area contributed by atoms with E-state index in [0.717, 1.165) is 12.3 Å². The zero-order valence-corrected chi connectivity index (χ0v) is 19.9. The minimum absolute atomic E-state index is 0.885. The number of nitrogens with zero attached hydrogens (tertiary/aromatic N) is 1. The maximum Gasteiger partial charge on any atom is 0.259 e. The van der Waals surface area contributed by atoms with Gasteiger partial charge in [0.05, 0.1) is 0 Å². The predicted molar refractivity (Wildman–Crippen MR) is 130 cm³/mol. The number of imidazole rings is 1. The molecule has 1 heterocycles. The summed E-state index contributed by atoms with van der Waals surface area (Å²) in [6.45, 7) is 4.68. The number of aryl methyl sites for hydroxylation is 1. The first kappa shape index (κ1) is 24.7. The molecule has 2 aromatic rings. The van der Waals surface area contributed by atoms with Gasteiger partial charge >= 0.3 is 0 Å². The molecule has 0 amide bonds. The van der Waals surface area contributed by atoms with Crippen molar-refractivity contribution in [1.82, 2.24) is 4.98 Å². The van der Waals surface area contributed by atoms with Crippen LogP contribution in [-0.4, -0.2) is 4.98 Å². The van der Waals surface area contributed by atoms with E-state index in [4.69, 9.17) is 0 Å². The van der Waals surface area contributed by atoms with Crippen molar-refractivity contribution in [3.05, 3.63) is 48.5 Å². The highest BCUT2D eigenvalue weighted by Crippen LogP contribution is 2.15. The Labute approximate surface area is 186 Å². The maximum atomic E-state index is 3.42. The molecule has 1 aromatic heterocycles. The molecule has 2 heteroatoms. The van der Waals surface area contributed by atoms with Crippen LogP contribution in [0.4, 0.5) is 0 Å². The number of hydrogen-bond donors (Lipinski definition) is 1. The SMILES string of the molecule is CC(C)CCCCCCCCCCCCCCCCc1[nH]cc[n+]1-c1ccccc1. The first-order valence-electron chi connectivity index (χ1n) is 12.9. The molecule has 0 fully saturated rings. The fourth-order valence-corrected chi connectivity index (χ4v) is 4.36. The lowest BCUT2D eigenvalue weighted by molar-refractivity contribution is -0.603. The lowest BCUT2D eigenvalue weighted by Crippen LogP contribution is -2.32. The Hall–Kier alpha value is -1.57. The summed E-state index contributed by atoms with van der Waals surface area (Å²) in [4.78, 5) is 3.42. The van der Waals surface area contributed by atoms with E-state index < -0.39 is 0 Å². The standard InChI is InChI=1S/C28H46N2/c1-26(2)20-16-13-11-9-7-5-3-4-6-8-10-12-14-19-23-28-29-24-25-30(28)27-21-17-15-18-22-27/h15,17-18,21-22,24-26H,3-14,16,19-20,23H2,1-2H3/p+1. The van der Waals surface area contributed by atoms with Crippen molar-refractivity contribution in [2.24, 2.45) is 5.92 Å². The van der Waals surface area contributed by atoms with E-state index in [9.17, 15) is 0 Å². The molecule has 30 heavy (non-hydrogen) atoms. The van der Waals surface area contributed by atoms with Gasteiger partial charge in [-0.05, 0) is 24.5 Å². The quantitative estimate of drug-likeness (QED) is 0.188. The normalized spacial score (nSPS) is 11.4. The van der Waals surface area contributed by atoms with E-state index >= 15 is 0 Å². The molecule has 0 aliphatic carbocycles. The number of nitrogens with one attached hydrogen (secondary N) is 1. The summed E-state index contributed by atoms with van der Waals surface area (Å²) in [6.07, 6.45) is 26.7. The van der Waals surface area contributed by atoms with Crippen molar-refractivity contribution in [3.63, 3.8) is 0 Å². The summed E-state index contributed by atoms with van der Waals surface area (Å²) in [5.74, 6) is 2.21. The van der Waals surface area contributed by atoms with E-state index in [1.807, 2.05) is 0 Å². The highest BCUT2D eigenvalue weighted by Gasteiger charge is 2.11. The Morgan fingerprint density at radius 3 is 1.70 bits per heavy atom. The van der Waals surface area contributed by atoms with Gasteiger partial charge in [0.15, 0.2) is 0 Å². The van der Waals surface area contributed by atoms with Gasteiger partial charge in [-0.3, -0.25) is 0 Å². The van der Waals surface area contributed by atoms with E-state index in [1.54, 1.807) is 0 Å². The third kappa shape index (κ3) is 11.0. The summed E-state index contributed by atoms with van der Waals surface area (Å²) in [5.41, 5.74) is 1.25.